The van der Waals surface area contributed by atoms with E-state index >= 15 is 0 Å². The van der Waals surface area contributed by atoms with Crippen molar-refractivity contribution in [3.05, 3.63) is 35.4 Å². The minimum atomic E-state index is -0.930. The van der Waals surface area contributed by atoms with Gasteiger partial charge < -0.3 is 10.0 Å². The van der Waals surface area contributed by atoms with Gasteiger partial charge in [-0.05, 0) is 35.8 Å². The van der Waals surface area contributed by atoms with Gasteiger partial charge in [-0.1, -0.05) is 45.0 Å². The van der Waals surface area contributed by atoms with Crippen LogP contribution in [-0.4, -0.2) is 35.0 Å². The minimum Gasteiger partial charge on any atom is -0.481 e. The summed E-state index contributed by atoms with van der Waals surface area (Å²) < 4.78 is 0. The fourth-order valence-electron chi connectivity index (χ4n) is 3.02. The Morgan fingerprint density at radius 2 is 1.65 bits per heavy atom. The zero-order chi connectivity index (χ0) is 17.0. The first kappa shape index (κ1) is 17.5. The van der Waals surface area contributed by atoms with Gasteiger partial charge in [0.25, 0.3) is 0 Å². The number of rotatable bonds is 5. The standard InChI is InChI=1S/C19H27NO3/c1-13(2)15-4-6-16(7-5-15)17(19(22)23)12-18(21)20-10-8-14(3)9-11-20/h4-7,13-14,17H,8-12H2,1-3H3,(H,22,23). The summed E-state index contributed by atoms with van der Waals surface area (Å²) in [4.78, 5) is 25.9. The van der Waals surface area contributed by atoms with Crippen LogP contribution in [0.1, 0.15) is 63.0 Å². The molecule has 1 fully saturated rings. The number of benzene rings is 1. The van der Waals surface area contributed by atoms with Gasteiger partial charge in [0.15, 0.2) is 0 Å². The lowest BCUT2D eigenvalue weighted by Crippen LogP contribution is -2.39. The molecule has 126 valence electrons. The van der Waals surface area contributed by atoms with Crippen molar-refractivity contribution in [2.24, 2.45) is 5.92 Å². The molecule has 1 unspecified atom stereocenters. The van der Waals surface area contributed by atoms with Crippen molar-refractivity contribution in [1.82, 2.24) is 4.90 Å². The maximum Gasteiger partial charge on any atom is 0.311 e. The van der Waals surface area contributed by atoms with Gasteiger partial charge in [-0.25, -0.2) is 0 Å². The zero-order valence-corrected chi connectivity index (χ0v) is 14.3. The summed E-state index contributed by atoms with van der Waals surface area (Å²) in [5, 5.41) is 9.52. The molecule has 0 radical (unpaired) electrons. The summed E-state index contributed by atoms with van der Waals surface area (Å²) in [7, 11) is 0. The highest BCUT2D eigenvalue weighted by atomic mass is 16.4. The second-order valence-electron chi connectivity index (χ2n) is 6.98. The highest BCUT2D eigenvalue weighted by molar-refractivity contribution is 5.85. The van der Waals surface area contributed by atoms with Crippen LogP contribution in [-0.2, 0) is 9.59 Å². The van der Waals surface area contributed by atoms with E-state index < -0.39 is 11.9 Å². The average Bonchev–Trinajstić information content (AvgIpc) is 2.53. The lowest BCUT2D eigenvalue weighted by Gasteiger charge is -2.31. The van der Waals surface area contributed by atoms with Crippen LogP contribution in [0.4, 0.5) is 0 Å². The Morgan fingerprint density at radius 1 is 1.13 bits per heavy atom. The number of carbonyl (C=O) groups is 2. The molecule has 1 aliphatic rings. The molecule has 0 saturated carbocycles. The molecule has 1 amide bonds. The monoisotopic (exact) mass is 317 g/mol. The predicted molar refractivity (Wildman–Crippen MR) is 90.5 cm³/mol. The summed E-state index contributed by atoms with van der Waals surface area (Å²) in [6, 6.07) is 7.62. The van der Waals surface area contributed by atoms with Gasteiger partial charge in [0.05, 0.1) is 5.92 Å². The van der Waals surface area contributed by atoms with Gasteiger partial charge in [0.1, 0.15) is 0 Å². The van der Waals surface area contributed by atoms with E-state index in [2.05, 4.69) is 20.8 Å². The van der Waals surface area contributed by atoms with Gasteiger partial charge in [0, 0.05) is 19.5 Å². The third-order valence-electron chi connectivity index (χ3n) is 4.82. The molecule has 1 N–H and O–H groups in total. The fourth-order valence-corrected chi connectivity index (χ4v) is 3.02. The molecule has 1 heterocycles. The van der Waals surface area contributed by atoms with Gasteiger partial charge in [-0.2, -0.15) is 0 Å². The van der Waals surface area contributed by atoms with Crippen molar-refractivity contribution in [3.63, 3.8) is 0 Å². The molecule has 4 heteroatoms. The topological polar surface area (TPSA) is 57.6 Å². The Bertz CT molecular complexity index is 542. The second kappa shape index (κ2) is 7.62. The Hall–Kier alpha value is -1.84. The molecule has 2 rings (SSSR count). The molecule has 1 aliphatic heterocycles. The maximum atomic E-state index is 12.4. The number of carboxylic acids is 1. The van der Waals surface area contributed by atoms with Crippen molar-refractivity contribution >= 4 is 11.9 Å². The number of hydrogen-bond donors (Lipinski definition) is 1. The van der Waals surface area contributed by atoms with Crippen LogP contribution in [0.3, 0.4) is 0 Å². The molecular formula is C19H27NO3. The Labute approximate surface area is 138 Å². The number of likely N-dealkylation sites (tertiary alicyclic amines) is 1. The molecular weight excluding hydrogens is 290 g/mol. The normalized spacial score (nSPS) is 17.3. The Balaban J connectivity index is 2.06. The van der Waals surface area contributed by atoms with Crippen LogP contribution in [0.15, 0.2) is 24.3 Å². The zero-order valence-electron chi connectivity index (χ0n) is 14.3. The number of aliphatic carboxylic acids is 1. The first-order chi connectivity index (χ1) is 10.9. The maximum absolute atomic E-state index is 12.4. The third kappa shape index (κ3) is 4.57. The molecule has 23 heavy (non-hydrogen) atoms. The first-order valence-corrected chi connectivity index (χ1v) is 8.49. The van der Waals surface area contributed by atoms with Crippen molar-refractivity contribution in [3.8, 4) is 0 Å². The minimum absolute atomic E-state index is 0.0442. The smallest absolute Gasteiger partial charge is 0.311 e. The number of piperidine rings is 1. The van der Waals surface area contributed by atoms with Crippen molar-refractivity contribution in [2.45, 2.75) is 51.9 Å². The van der Waals surface area contributed by atoms with E-state index in [9.17, 15) is 14.7 Å². The lowest BCUT2D eigenvalue weighted by molar-refractivity contribution is -0.143. The van der Waals surface area contributed by atoms with E-state index in [0.717, 1.165) is 25.9 Å². The van der Waals surface area contributed by atoms with Crippen molar-refractivity contribution < 1.29 is 14.7 Å². The van der Waals surface area contributed by atoms with Crippen molar-refractivity contribution in [2.75, 3.05) is 13.1 Å². The highest BCUT2D eigenvalue weighted by Gasteiger charge is 2.27. The Morgan fingerprint density at radius 3 is 2.13 bits per heavy atom. The van der Waals surface area contributed by atoms with Crippen LogP contribution in [0.2, 0.25) is 0 Å². The van der Waals surface area contributed by atoms with E-state index in [1.54, 1.807) is 0 Å². The van der Waals surface area contributed by atoms with Gasteiger partial charge >= 0.3 is 5.97 Å². The van der Waals surface area contributed by atoms with Gasteiger partial charge in [-0.15, -0.1) is 0 Å². The third-order valence-corrected chi connectivity index (χ3v) is 4.82. The summed E-state index contributed by atoms with van der Waals surface area (Å²) >= 11 is 0. The van der Waals surface area contributed by atoms with Crippen LogP contribution < -0.4 is 0 Å². The quantitative estimate of drug-likeness (QED) is 0.902. The summed E-state index contributed by atoms with van der Waals surface area (Å²) in [6.45, 7) is 7.89. The molecule has 0 bridgehead atoms. The van der Waals surface area contributed by atoms with E-state index in [1.165, 1.54) is 5.56 Å². The number of hydrogen-bond acceptors (Lipinski definition) is 2. The molecule has 0 spiro atoms. The summed E-state index contributed by atoms with van der Waals surface area (Å²) in [5.41, 5.74) is 1.88. The first-order valence-electron chi connectivity index (χ1n) is 8.49. The SMILES string of the molecule is CC1CCN(C(=O)CC(C(=O)O)c2ccc(C(C)C)cc2)CC1. The molecule has 0 aromatic heterocycles. The van der Waals surface area contributed by atoms with Crippen LogP contribution in [0.25, 0.3) is 0 Å². The number of amides is 1. The van der Waals surface area contributed by atoms with Crippen LogP contribution >= 0.6 is 0 Å². The van der Waals surface area contributed by atoms with Gasteiger partial charge in [-0.3, -0.25) is 9.59 Å². The summed E-state index contributed by atoms with van der Waals surface area (Å²) in [6.07, 6.45) is 2.06. The lowest BCUT2D eigenvalue weighted by atomic mass is 9.92. The van der Waals surface area contributed by atoms with Gasteiger partial charge in [0.2, 0.25) is 5.91 Å². The molecule has 1 saturated heterocycles. The fraction of sp³-hybridized carbons (Fsp3) is 0.579. The molecule has 4 nitrogen and oxygen atoms in total. The van der Waals surface area contributed by atoms with E-state index in [4.69, 9.17) is 0 Å². The average molecular weight is 317 g/mol. The number of carbonyl (C=O) groups excluding carboxylic acids is 1. The Kier molecular flexibility index (Phi) is 5.80. The van der Waals surface area contributed by atoms with E-state index in [-0.39, 0.29) is 12.3 Å². The number of nitrogens with zero attached hydrogens (tertiary/aromatic N) is 1. The van der Waals surface area contributed by atoms with Crippen LogP contribution in [0.5, 0.6) is 0 Å². The predicted octanol–water partition coefficient (Wildman–Crippen LogP) is 3.63. The molecule has 1 aromatic rings. The summed E-state index contributed by atoms with van der Waals surface area (Å²) in [5.74, 6) is -0.677. The molecule has 1 aromatic carbocycles. The number of carboxylic acid groups (broad SMARTS) is 1. The second-order valence-corrected chi connectivity index (χ2v) is 6.98. The van der Waals surface area contributed by atoms with E-state index in [0.29, 0.717) is 17.4 Å². The van der Waals surface area contributed by atoms with Crippen LogP contribution in [0, 0.1) is 5.92 Å². The van der Waals surface area contributed by atoms with Crippen molar-refractivity contribution in [1.29, 1.82) is 0 Å². The molecule has 1 atom stereocenters. The van der Waals surface area contributed by atoms with E-state index in [1.807, 2.05) is 29.2 Å². The largest absolute Gasteiger partial charge is 0.481 e. The molecule has 0 aliphatic carbocycles. The highest BCUT2D eigenvalue weighted by Crippen LogP contribution is 2.25.